The van der Waals surface area contributed by atoms with Crippen molar-refractivity contribution in [2.75, 3.05) is 18.5 Å². The summed E-state index contributed by atoms with van der Waals surface area (Å²) in [5.74, 6) is 1.02. The van der Waals surface area contributed by atoms with Crippen molar-refractivity contribution in [2.45, 2.75) is 6.10 Å². The standard InChI is InChI=1S/C17H17N3O3/c21-12(11-23-13-6-2-1-3-7-13)10-18-17-19-15-9-5-4-8-14(15)16(22)20-17/h1-9,12,21H,10-11H2,(H2,18,19,20,22)/t12-/m1/s1. The second-order valence-electron chi connectivity index (χ2n) is 5.09. The molecule has 0 aliphatic carbocycles. The van der Waals surface area contributed by atoms with Crippen molar-refractivity contribution in [3.05, 3.63) is 65.0 Å². The predicted molar refractivity (Wildman–Crippen MR) is 88.8 cm³/mol. The molecule has 0 aliphatic heterocycles. The van der Waals surface area contributed by atoms with Gasteiger partial charge >= 0.3 is 0 Å². The van der Waals surface area contributed by atoms with Crippen molar-refractivity contribution in [3.63, 3.8) is 0 Å². The van der Waals surface area contributed by atoms with E-state index in [2.05, 4.69) is 15.3 Å². The summed E-state index contributed by atoms with van der Waals surface area (Å²) < 4.78 is 5.47. The molecule has 3 aromatic rings. The molecule has 1 aromatic heterocycles. The molecule has 0 spiro atoms. The van der Waals surface area contributed by atoms with Gasteiger partial charge in [0, 0.05) is 6.54 Å². The summed E-state index contributed by atoms with van der Waals surface area (Å²) in [5.41, 5.74) is 0.391. The third-order valence-corrected chi connectivity index (χ3v) is 3.30. The number of H-pyrrole nitrogens is 1. The van der Waals surface area contributed by atoms with Crippen LogP contribution in [0.2, 0.25) is 0 Å². The second kappa shape index (κ2) is 6.93. The number of fused-ring (bicyclic) bond motifs is 1. The summed E-state index contributed by atoms with van der Waals surface area (Å²) in [5, 5.41) is 13.4. The SMILES string of the molecule is O=c1[nH]c(NC[C@@H](O)COc2ccccc2)nc2ccccc12. The van der Waals surface area contributed by atoms with Gasteiger partial charge in [0.05, 0.1) is 10.9 Å². The summed E-state index contributed by atoms with van der Waals surface area (Å²) >= 11 is 0. The topological polar surface area (TPSA) is 87.2 Å². The van der Waals surface area contributed by atoms with E-state index in [1.54, 1.807) is 18.2 Å². The number of para-hydroxylation sites is 2. The largest absolute Gasteiger partial charge is 0.491 e. The first-order chi connectivity index (χ1) is 11.2. The van der Waals surface area contributed by atoms with Crippen molar-refractivity contribution in [1.29, 1.82) is 0 Å². The molecule has 1 heterocycles. The maximum absolute atomic E-state index is 11.9. The van der Waals surface area contributed by atoms with Gasteiger partial charge in [0.1, 0.15) is 18.5 Å². The highest BCUT2D eigenvalue weighted by Crippen LogP contribution is 2.09. The van der Waals surface area contributed by atoms with E-state index in [-0.39, 0.29) is 18.7 Å². The Labute approximate surface area is 132 Å². The van der Waals surface area contributed by atoms with Gasteiger partial charge in [0.25, 0.3) is 5.56 Å². The molecule has 0 unspecified atom stereocenters. The van der Waals surface area contributed by atoms with Crippen molar-refractivity contribution in [1.82, 2.24) is 9.97 Å². The number of hydrogen-bond donors (Lipinski definition) is 3. The number of anilines is 1. The molecule has 6 heteroatoms. The van der Waals surface area contributed by atoms with Gasteiger partial charge in [-0.3, -0.25) is 9.78 Å². The van der Waals surface area contributed by atoms with Crippen molar-refractivity contribution < 1.29 is 9.84 Å². The number of ether oxygens (including phenoxy) is 1. The number of benzene rings is 2. The minimum Gasteiger partial charge on any atom is -0.491 e. The fraction of sp³-hybridized carbons (Fsp3) is 0.176. The molecule has 0 saturated heterocycles. The van der Waals surface area contributed by atoms with Gasteiger partial charge in [-0.2, -0.15) is 0 Å². The first-order valence-corrected chi connectivity index (χ1v) is 7.31. The zero-order chi connectivity index (χ0) is 16.1. The zero-order valence-electron chi connectivity index (χ0n) is 12.4. The van der Waals surface area contributed by atoms with E-state index in [0.717, 1.165) is 0 Å². The van der Waals surface area contributed by atoms with Crippen molar-refractivity contribution in [3.8, 4) is 5.75 Å². The lowest BCUT2D eigenvalue weighted by atomic mass is 10.2. The van der Waals surface area contributed by atoms with Gasteiger partial charge < -0.3 is 15.2 Å². The van der Waals surface area contributed by atoms with Crippen LogP contribution in [0.1, 0.15) is 0 Å². The van der Waals surface area contributed by atoms with Crippen LogP contribution >= 0.6 is 0 Å². The Morgan fingerprint density at radius 1 is 1.13 bits per heavy atom. The third-order valence-electron chi connectivity index (χ3n) is 3.30. The molecule has 0 saturated carbocycles. The molecule has 2 aromatic carbocycles. The number of nitrogens with zero attached hydrogens (tertiary/aromatic N) is 1. The normalized spacial score (nSPS) is 12.0. The van der Waals surface area contributed by atoms with Crippen LogP contribution in [0.4, 0.5) is 5.95 Å². The Morgan fingerprint density at radius 2 is 1.87 bits per heavy atom. The van der Waals surface area contributed by atoms with Crippen molar-refractivity contribution >= 4 is 16.9 Å². The van der Waals surface area contributed by atoms with Crippen LogP contribution < -0.4 is 15.6 Å². The molecular formula is C17H17N3O3. The van der Waals surface area contributed by atoms with Crippen LogP contribution in [-0.2, 0) is 0 Å². The lowest BCUT2D eigenvalue weighted by Crippen LogP contribution is -2.27. The maximum Gasteiger partial charge on any atom is 0.260 e. The van der Waals surface area contributed by atoms with E-state index in [0.29, 0.717) is 22.6 Å². The van der Waals surface area contributed by atoms with Crippen LogP contribution in [0.3, 0.4) is 0 Å². The van der Waals surface area contributed by atoms with Gasteiger partial charge in [-0.1, -0.05) is 30.3 Å². The van der Waals surface area contributed by atoms with Gasteiger partial charge in [-0.25, -0.2) is 4.98 Å². The highest BCUT2D eigenvalue weighted by atomic mass is 16.5. The number of rotatable bonds is 6. The molecule has 6 nitrogen and oxygen atoms in total. The van der Waals surface area contributed by atoms with E-state index >= 15 is 0 Å². The molecule has 0 fully saturated rings. The Balaban J connectivity index is 1.58. The third kappa shape index (κ3) is 3.87. The van der Waals surface area contributed by atoms with E-state index in [4.69, 9.17) is 4.74 Å². The monoisotopic (exact) mass is 311 g/mol. The second-order valence-corrected chi connectivity index (χ2v) is 5.09. The average molecular weight is 311 g/mol. The minimum atomic E-state index is -0.730. The van der Waals surface area contributed by atoms with E-state index in [9.17, 15) is 9.90 Å². The number of aliphatic hydroxyl groups excluding tert-OH is 1. The lowest BCUT2D eigenvalue weighted by Gasteiger charge is -2.13. The first-order valence-electron chi connectivity index (χ1n) is 7.31. The minimum absolute atomic E-state index is 0.148. The molecule has 3 rings (SSSR count). The summed E-state index contributed by atoms with van der Waals surface area (Å²) in [6.45, 7) is 0.364. The fourth-order valence-corrected chi connectivity index (χ4v) is 2.15. The Bertz CT molecular complexity index is 833. The highest BCUT2D eigenvalue weighted by Gasteiger charge is 2.07. The Hall–Kier alpha value is -2.86. The van der Waals surface area contributed by atoms with Crippen LogP contribution in [0.25, 0.3) is 10.9 Å². The predicted octanol–water partition coefficient (Wildman–Crippen LogP) is 1.77. The molecule has 0 bridgehead atoms. The Kier molecular flexibility index (Phi) is 4.54. The first kappa shape index (κ1) is 15.1. The number of aliphatic hydroxyl groups is 1. The van der Waals surface area contributed by atoms with Crippen LogP contribution in [0.5, 0.6) is 5.75 Å². The zero-order valence-corrected chi connectivity index (χ0v) is 12.4. The Morgan fingerprint density at radius 3 is 2.70 bits per heavy atom. The molecular weight excluding hydrogens is 294 g/mol. The van der Waals surface area contributed by atoms with Crippen LogP contribution in [-0.4, -0.2) is 34.3 Å². The summed E-state index contributed by atoms with van der Waals surface area (Å²) in [6.07, 6.45) is -0.730. The van der Waals surface area contributed by atoms with Crippen LogP contribution in [0.15, 0.2) is 59.4 Å². The smallest absolute Gasteiger partial charge is 0.260 e. The molecule has 3 N–H and O–H groups in total. The highest BCUT2D eigenvalue weighted by molar-refractivity contribution is 5.78. The van der Waals surface area contributed by atoms with E-state index < -0.39 is 6.10 Å². The average Bonchev–Trinajstić information content (AvgIpc) is 2.59. The quantitative estimate of drug-likeness (QED) is 0.646. The number of hydrogen-bond acceptors (Lipinski definition) is 5. The molecule has 0 radical (unpaired) electrons. The number of nitrogens with one attached hydrogen (secondary N) is 2. The summed E-state index contributed by atoms with van der Waals surface area (Å²) in [7, 11) is 0. The number of aromatic nitrogens is 2. The van der Waals surface area contributed by atoms with Gasteiger partial charge in [0.2, 0.25) is 5.95 Å². The van der Waals surface area contributed by atoms with Crippen molar-refractivity contribution in [2.24, 2.45) is 0 Å². The summed E-state index contributed by atoms with van der Waals surface area (Å²) in [4.78, 5) is 18.9. The van der Waals surface area contributed by atoms with E-state index in [1.807, 2.05) is 36.4 Å². The number of aromatic amines is 1. The lowest BCUT2D eigenvalue weighted by molar-refractivity contribution is 0.117. The van der Waals surface area contributed by atoms with Crippen LogP contribution in [0, 0.1) is 0 Å². The van der Waals surface area contributed by atoms with Gasteiger partial charge in [0.15, 0.2) is 0 Å². The molecule has 23 heavy (non-hydrogen) atoms. The molecule has 118 valence electrons. The van der Waals surface area contributed by atoms with E-state index in [1.165, 1.54) is 0 Å². The summed E-state index contributed by atoms with van der Waals surface area (Å²) in [6, 6.07) is 16.4. The maximum atomic E-state index is 11.9. The van der Waals surface area contributed by atoms with Gasteiger partial charge in [-0.05, 0) is 24.3 Å². The molecule has 0 aliphatic rings. The molecule has 1 atom stereocenters. The molecule has 0 amide bonds. The van der Waals surface area contributed by atoms with Gasteiger partial charge in [-0.15, -0.1) is 0 Å². The fourth-order valence-electron chi connectivity index (χ4n) is 2.15.